The van der Waals surface area contributed by atoms with Crippen LogP contribution in [0.4, 0.5) is 0 Å². The van der Waals surface area contributed by atoms with E-state index in [9.17, 15) is 4.79 Å². The maximum absolute atomic E-state index is 12.2. The van der Waals surface area contributed by atoms with E-state index < -0.39 is 0 Å². The van der Waals surface area contributed by atoms with E-state index in [1.807, 2.05) is 44.3 Å². The third kappa shape index (κ3) is 2.52. The van der Waals surface area contributed by atoms with Gasteiger partial charge in [0.1, 0.15) is 5.41 Å². The number of rotatable bonds is 5. The highest BCUT2D eigenvalue weighted by Gasteiger charge is 2.62. The minimum atomic E-state index is -0.371. The quantitative estimate of drug-likeness (QED) is 0.612. The first-order valence-corrected chi connectivity index (χ1v) is 6.26. The van der Waals surface area contributed by atoms with Crippen LogP contribution in [-0.2, 0) is 14.9 Å². The van der Waals surface area contributed by atoms with Gasteiger partial charge in [0.05, 0.1) is 20.2 Å². The molecular weight excluding hydrogens is 250 g/mol. The molecule has 1 aliphatic rings. The summed E-state index contributed by atoms with van der Waals surface area (Å²) in [6, 6.07) is 10.0. The first kappa shape index (κ1) is 15.0. The number of halogens is 1. The Morgan fingerprint density at radius 2 is 2.11 bits per heavy atom. The second-order valence-corrected chi connectivity index (χ2v) is 4.60. The van der Waals surface area contributed by atoms with Gasteiger partial charge in [0.2, 0.25) is 0 Å². The Labute approximate surface area is 114 Å². The summed E-state index contributed by atoms with van der Waals surface area (Å²) in [5, 5.41) is 2.13. The molecule has 2 rings (SSSR count). The van der Waals surface area contributed by atoms with Crippen molar-refractivity contribution in [3.05, 3.63) is 35.9 Å². The van der Waals surface area contributed by atoms with Crippen LogP contribution in [0.15, 0.2) is 30.3 Å². The van der Waals surface area contributed by atoms with Crippen molar-refractivity contribution in [1.82, 2.24) is 0 Å². The molecule has 1 saturated carbocycles. The number of hydrogen-bond acceptors (Lipinski definition) is 2. The van der Waals surface area contributed by atoms with Crippen LogP contribution in [0.25, 0.3) is 0 Å². The van der Waals surface area contributed by atoms with Crippen LogP contribution in [0.2, 0.25) is 0 Å². The van der Waals surface area contributed by atoms with E-state index in [-0.39, 0.29) is 23.8 Å². The van der Waals surface area contributed by atoms with Crippen LogP contribution in [0.5, 0.6) is 0 Å². The molecule has 0 aromatic heterocycles. The molecule has 3 nitrogen and oxygen atoms in total. The highest BCUT2D eigenvalue weighted by molar-refractivity contribution is 5.87. The zero-order valence-electron chi connectivity index (χ0n) is 10.9. The summed E-state index contributed by atoms with van der Waals surface area (Å²) in [5.41, 5.74) is 0.731. The topological polar surface area (TPSA) is 42.9 Å². The molecule has 4 heteroatoms. The monoisotopic (exact) mass is 269 g/mol. The number of benzene rings is 1. The van der Waals surface area contributed by atoms with Gasteiger partial charge in [-0.2, -0.15) is 0 Å². The Bertz CT molecular complexity index is 396. The predicted molar refractivity (Wildman–Crippen MR) is 65.6 cm³/mol. The van der Waals surface area contributed by atoms with Crippen molar-refractivity contribution < 1.29 is 27.3 Å². The lowest BCUT2D eigenvalue weighted by Crippen LogP contribution is -3.00. The van der Waals surface area contributed by atoms with Crippen molar-refractivity contribution in [3.8, 4) is 0 Å². The van der Waals surface area contributed by atoms with E-state index in [4.69, 9.17) is 4.74 Å². The second-order valence-electron chi connectivity index (χ2n) is 4.60. The predicted octanol–water partition coefficient (Wildman–Crippen LogP) is -2.30. The minimum Gasteiger partial charge on any atom is -1.00 e. The van der Waals surface area contributed by atoms with Gasteiger partial charge in [-0.15, -0.1) is 0 Å². The van der Waals surface area contributed by atoms with E-state index in [0.717, 1.165) is 18.5 Å². The summed E-state index contributed by atoms with van der Waals surface area (Å²) in [4.78, 5) is 12.2. The van der Waals surface area contributed by atoms with Gasteiger partial charge >= 0.3 is 5.97 Å². The number of carbonyl (C=O) groups is 1. The molecular formula is C14H20ClNO2. The van der Waals surface area contributed by atoms with Gasteiger partial charge in [0.15, 0.2) is 0 Å². The van der Waals surface area contributed by atoms with Gasteiger partial charge in [0.25, 0.3) is 0 Å². The fraction of sp³-hybridized carbons (Fsp3) is 0.500. The largest absolute Gasteiger partial charge is 1.00 e. The summed E-state index contributed by atoms with van der Waals surface area (Å²) in [6.45, 7) is 3.30. The van der Waals surface area contributed by atoms with Gasteiger partial charge < -0.3 is 22.5 Å². The van der Waals surface area contributed by atoms with E-state index in [2.05, 4.69) is 5.32 Å². The van der Waals surface area contributed by atoms with Crippen LogP contribution in [-0.4, -0.2) is 26.2 Å². The summed E-state index contributed by atoms with van der Waals surface area (Å²) in [6.07, 6.45) is 0.917. The number of ether oxygens (including phenoxy) is 1. The molecule has 1 fully saturated rings. The molecule has 2 atom stereocenters. The van der Waals surface area contributed by atoms with Crippen molar-refractivity contribution in [3.63, 3.8) is 0 Å². The smallest absolute Gasteiger partial charge is 0.317 e. The number of quaternary nitrogens is 1. The SMILES string of the molecule is CCOC(=O)[C@]1(c2ccccc2)C[C@@H]1C[NH2+]C.[Cl-]. The Hall–Kier alpha value is -1.06. The van der Waals surface area contributed by atoms with E-state index in [0.29, 0.717) is 12.5 Å². The maximum atomic E-state index is 12.2. The molecule has 100 valence electrons. The molecule has 0 spiro atoms. The average Bonchev–Trinajstić information content (AvgIpc) is 3.07. The summed E-state index contributed by atoms with van der Waals surface area (Å²) in [5.74, 6) is 0.354. The number of esters is 1. The molecule has 1 aliphatic carbocycles. The molecule has 2 N–H and O–H groups in total. The lowest BCUT2D eigenvalue weighted by molar-refractivity contribution is -0.630. The summed E-state index contributed by atoms with van der Waals surface area (Å²) in [7, 11) is 2.04. The van der Waals surface area contributed by atoms with Gasteiger partial charge in [-0.3, -0.25) is 4.79 Å². The van der Waals surface area contributed by atoms with E-state index in [1.165, 1.54) is 0 Å². The summed E-state index contributed by atoms with van der Waals surface area (Å²) >= 11 is 0. The molecule has 0 saturated heterocycles. The fourth-order valence-electron chi connectivity index (χ4n) is 2.62. The molecule has 0 heterocycles. The van der Waals surface area contributed by atoms with Gasteiger partial charge in [-0.25, -0.2) is 0 Å². The van der Waals surface area contributed by atoms with Crippen LogP contribution in [0, 0.1) is 5.92 Å². The highest BCUT2D eigenvalue weighted by atomic mass is 35.5. The van der Waals surface area contributed by atoms with Crippen molar-refractivity contribution >= 4 is 5.97 Å². The third-order valence-electron chi connectivity index (χ3n) is 3.55. The Morgan fingerprint density at radius 3 is 2.67 bits per heavy atom. The Kier molecular flexibility index (Phi) is 5.17. The van der Waals surface area contributed by atoms with Crippen LogP contribution in [0.1, 0.15) is 18.9 Å². The lowest BCUT2D eigenvalue weighted by Gasteiger charge is -2.15. The zero-order valence-corrected chi connectivity index (χ0v) is 11.6. The molecule has 0 bridgehead atoms. The minimum absolute atomic E-state index is 0. The first-order valence-electron chi connectivity index (χ1n) is 6.26. The maximum Gasteiger partial charge on any atom is 0.317 e. The van der Waals surface area contributed by atoms with Crippen molar-refractivity contribution in [1.29, 1.82) is 0 Å². The summed E-state index contributed by atoms with van der Waals surface area (Å²) < 4.78 is 5.25. The normalized spacial score (nSPS) is 25.1. The average molecular weight is 270 g/mol. The first-order chi connectivity index (χ1) is 8.25. The number of nitrogens with two attached hydrogens (primary N) is 1. The van der Waals surface area contributed by atoms with Crippen molar-refractivity contribution in [2.24, 2.45) is 5.92 Å². The molecule has 0 unspecified atom stereocenters. The Morgan fingerprint density at radius 1 is 1.44 bits per heavy atom. The van der Waals surface area contributed by atoms with Crippen LogP contribution in [0.3, 0.4) is 0 Å². The molecule has 1 aromatic carbocycles. The zero-order chi connectivity index (χ0) is 12.3. The number of hydrogen-bond donors (Lipinski definition) is 1. The van der Waals surface area contributed by atoms with E-state index in [1.54, 1.807) is 0 Å². The number of carbonyl (C=O) groups excluding carboxylic acids is 1. The van der Waals surface area contributed by atoms with Crippen molar-refractivity contribution in [2.45, 2.75) is 18.8 Å². The molecule has 0 amide bonds. The van der Waals surface area contributed by atoms with Crippen molar-refractivity contribution in [2.75, 3.05) is 20.2 Å². The van der Waals surface area contributed by atoms with Gasteiger partial charge in [0, 0.05) is 5.92 Å². The molecule has 0 radical (unpaired) electrons. The standard InChI is InChI=1S/C14H19NO2.ClH/c1-3-17-13(16)14(9-12(14)10-15-2)11-7-5-4-6-8-11;/h4-8,12,15H,3,9-10H2,1-2H3;1H/t12-,14+;/m1./s1. The highest BCUT2D eigenvalue weighted by Crippen LogP contribution is 2.54. The van der Waals surface area contributed by atoms with Gasteiger partial charge in [-0.05, 0) is 18.9 Å². The second kappa shape index (κ2) is 6.21. The lowest BCUT2D eigenvalue weighted by atomic mass is 9.93. The Balaban J connectivity index is 0.00000162. The molecule has 18 heavy (non-hydrogen) atoms. The van der Waals surface area contributed by atoms with Gasteiger partial charge in [-0.1, -0.05) is 30.3 Å². The molecule has 0 aliphatic heterocycles. The van der Waals surface area contributed by atoms with Crippen LogP contribution < -0.4 is 17.7 Å². The molecule has 1 aromatic rings. The fourth-order valence-corrected chi connectivity index (χ4v) is 2.62. The van der Waals surface area contributed by atoms with E-state index >= 15 is 0 Å². The third-order valence-corrected chi connectivity index (χ3v) is 3.55. The van der Waals surface area contributed by atoms with Crippen LogP contribution >= 0.6 is 0 Å².